The van der Waals surface area contributed by atoms with Crippen molar-refractivity contribution in [2.75, 3.05) is 5.32 Å². The molecule has 0 aliphatic rings. The lowest BCUT2D eigenvalue weighted by Gasteiger charge is -2.06. The Morgan fingerprint density at radius 3 is 3.00 bits per heavy atom. The second-order valence-corrected chi connectivity index (χ2v) is 5.02. The van der Waals surface area contributed by atoms with E-state index in [1.54, 1.807) is 24.7 Å². The molecule has 2 aromatic heterocycles. The Morgan fingerprint density at radius 2 is 2.16 bits per heavy atom. The monoisotopic (exact) mass is 315 g/mol. The molecule has 3 aromatic rings. The first-order chi connectivity index (χ1) is 9.22. The number of imidazole rings is 1. The zero-order valence-electron chi connectivity index (χ0n) is 9.88. The number of pyridine rings is 1. The lowest BCUT2D eigenvalue weighted by Crippen LogP contribution is -2.12. The Labute approximate surface area is 118 Å². The number of nitrogens with zero attached hydrogens (tertiary/aromatic N) is 2. The number of anilines is 1. The molecule has 19 heavy (non-hydrogen) atoms. The highest BCUT2D eigenvalue weighted by Crippen LogP contribution is 2.17. The fourth-order valence-corrected chi connectivity index (χ4v) is 2.23. The Bertz CT molecular complexity index is 751. The number of benzene rings is 1. The maximum absolute atomic E-state index is 12.1. The van der Waals surface area contributed by atoms with Crippen LogP contribution < -0.4 is 5.32 Å². The molecular formula is C14H10BrN3O. The number of amides is 1. The SMILES string of the molecule is O=C(Nc1cccc(Br)c1)c1ccn2cncc2c1. The molecule has 0 spiro atoms. The van der Waals surface area contributed by atoms with Crippen LogP contribution in [-0.2, 0) is 0 Å². The van der Waals surface area contributed by atoms with Gasteiger partial charge in [-0.3, -0.25) is 4.79 Å². The molecule has 2 heterocycles. The van der Waals surface area contributed by atoms with Gasteiger partial charge in [0.15, 0.2) is 0 Å². The van der Waals surface area contributed by atoms with Gasteiger partial charge in [0, 0.05) is 21.9 Å². The molecule has 0 radical (unpaired) electrons. The van der Waals surface area contributed by atoms with E-state index in [0.717, 1.165) is 15.7 Å². The van der Waals surface area contributed by atoms with Crippen LogP contribution in [0.5, 0.6) is 0 Å². The van der Waals surface area contributed by atoms with Crippen molar-refractivity contribution in [3.05, 3.63) is 65.2 Å². The van der Waals surface area contributed by atoms with E-state index in [-0.39, 0.29) is 5.91 Å². The Morgan fingerprint density at radius 1 is 1.26 bits per heavy atom. The lowest BCUT2D eigenvalue weighted by molar-refractivity contribution is 0.102. The third kappa shape index (κ3) is 2.51. The van der Waals surface area contributed by atoms with Crippen molar-refractivity contribution in [1.82, 2.24) is 9.38 Å². The van der Waals surface area contributed by atoms with Crippen molar-refractivity contribution in [1.29, 1.82) is 0 Å². The van der Waals surface area contributed by atoms with Crippen LogP contribution in [0.25, 0.3) is 5.52 Å². The van der Waals surface area contributed by atoms with Crippen molar-refractivity contribution in [2.24, 2.45) is 0 Å². The van der Waals surface area contributed by atoms with E-state index >= 15 is 0 Å². The minimum atomic E-state index is -0.137. The smallest absolute Gasteiger partial charge is 0.255 e. The summed E-state index contributed by atoms with van der Waals surface area (Å²) in [6, 6.07) is 11.1. The highest BCUT2D eigenvalue weighted by molar-refractivity contribution is 9.10. The Balaban J connectivity index is 1.87. The molecule has 1 N–H and O–H groups in total. The van der Waals surface area contributed by atoms with Crippen LogP contribution >= 0.6 is 15.9 Å². The van der Waals surface area contributed by atoms with E-state index < -0.39 is 0 Å². The molecule has 1 amide bonds. The predicted molar refractivity (Wildman–Crippen MR) is 77.3 cm³/mol. The summed E-state index contributed by atoms with van der Waals surface area (Å²) in [7, 11) is 0. The van der Waals surface area contributed by atoms with Gasteiger partial charge in [0.25, 0.3) is 5.91 Å². The first-order valence-corrected chi connectivity index (χ1v) is 6.50. The average Bonchev–Trinajstić information content (AvgIpc) is 2.85. The van der Waals surface area contributed by atoms with Crippen molar-refractivity contribution < 1.29 is 4.79 Å². The molecule has 94 valence electrons. The summed E-state index contributed by atoms with van der Waals surface area (Å²) < 4.78 is 2.78. The topological polar surface area (TPSA) is 46.4 Å². The van der Waals surface area contributed by atoms with Crippen LogP contribution in [-0.4, -0.2) is 15.3 Å². The van der Waals surface area contributed by atoms with E-state index in [2.05, 4.69) is 26.2 Å². The van der Waals surface area contributed by atoms with Crippen molar-refractivity contribution in [3.63, 3.8) is 0 Å². The fraction of sp³-hybridized carbons (Fsp3) is 0. The number of hydrogen-bond acceptors (Lipinski definition) is 2. The number of fused-ring (bicyclic) bond motifs is 1. The minimum Gasteiger partial charge on any atom is -0.322 e. The summed E-state index contributed by atoms with van der Waals surface area (Å²) in [5, 5.41) is 2.86. The molecular weight excluding hydrogens is 306 g/mol. The molecule has 0 saturated carbocycles. The summed E-state index contributed by atoms with van der Waals surface area (Å²) >= 11 is 3.37. The Hall–Kier alpha value is -2.14. The maximum atomic E-state index is 12.1. The van der Waals surface area contributed by atoms with Crippen molar-refractivity contribution >= 4 is 33.0 Å². The molecule has 3 rings (SSSR count). The van der Waals surface area contributed by atoms with Gasteiger partial charge in [0.2, 0.25) is 0 Å². The second kappa shape index (κ2) is 4.85. The molecule has 0 fully saturated rings. The lowest BCUT2D eigenvalue weighted by atomic mass is 10.2. The van der Waals surface area contributed by atoms with Gasteiger partial charge in [-0.1, -0.05) is 22.0 Å². The van der Waals surface area contributed by atoms with Gasteiger partial charge in [0.05, 0.1) is 18.0 Å². The quantitative estimate of drug-likeness (QED) is 0.788. The number of carbonyl (C=O) groups excluding carboxylic acids is 1. The average molecular weight is 316 g/mol. The Kier molecular flexibility index (Phi) is 3.05. The van der Waals surface area contributed by atoms with Crippen LogP contribution in [0.2, 0.25) is 0 Å². The highest BCUT2D eigenvalue weighted by atomic mass is 79.9. The number of halogens is 1. The van der Waals surface area contributed by atoms with E-state index in [1.165, 1.54) is 0 Å². The number of aromatic nitrogens is 2. The number of nitrogens with one attached hydrogen (secondary N) is 1. The van der Waals surface area contributed by atoms with Gasteiger partial charge in [-0.25, -0.2) is 4.98 Å². The standard InChI is InChI=1S/C14H10BrN3O/c15-11-2-1-3-12(7-11)17-14(19)10-4-5-18-9-16-8-13(18)6-10/h1-9H,(H,17,19). The number of carbonyl (C=O) groups is 1. The first-order valence-electron chi connectivity index (χ1n) is 5.71. The minimum absolute atomic E-state index is 0.137. The number of hydrogen-bond donors (Lipinski definition) is 1. The van der Waals surface area contributed by atoms with E-state index in [4.69, 9.17) is 0 Å². The van der Waals surface area contributed by atoms with Gasteiger partial charge in [-0.15, -0.1) is 0 Å². The van der Waals surface area contributed by atoms with Gasteiger partial charge in [-0.2, -0.15) is 0 Å². The summed E-state index contributed by atoms with van der Waals surface area (Å²) in [5.41, 5.74) is 2.25. The summed E-state index contributed by atoms with van der Waals surface area (Å²) in [6.45, 7) is 0. The van der Waals surface area contributed by atoms with Gasteiger partial charge < -0.3 is 9.72 Å². The van der Waals surface area contributed by atoms with Crippen LogP contribution in [0.15, 0.2) is 59.6 Å². The molecule has 4 nitrogen and oxygen atoms in total. The second-order valence-electron chi connectivity index (χ2n) is 4.11. The summed E-state index contributed by atoms with van der Waals surface area (Å²) in [4.78, 5) is 16.2. The molecule has 0 saturated heterocycles. The largest absolute Gasteiger partial charge is 0.322 e. The molecule has 5 heteroatoms. The molecule has 1 aromatic carbocycles. The van der Waals surface area contributed by atoms with Crippen LogP contribution in [0.4, 0.5) is 5.69 Å². The normalized spacial score (nSPS) is 10.6. The highest BCUT2D eigenvalue weighted by Gasteiger charge is 2.07. The molecule has 0 bridgehead atoms. The van der Waals surface area contributed by atoms with E-state index in [1.807, 2.05) is 34.9 Å². The predicted octanol–water partition coefficient (Wildman–Crippen LogP) is 3.35. The maximum Gasteiger partial charge on any atom is 0.255 e. The van der Waals surface area contributed by atoms with Crippen molar-refractivity contribution in [2.45, 2.75) is 0 Å². The molecule has 0 unspecified atom stereocenters. The van der Waals surface area contributed by atoms with Gasteiger partial charge >= 0.3 is 0 Å². The molecule has 0 atom stereocenters. The molecule has 0 aliphatic carbocycles. The van der Waals surface area contributed by atoms with Crippen molar-refractivity contribution in [3.8, 4) is 0 Å². The van der Waals surface area contributed by atoms with E-state index in [9.17, 15) is 4.79 Å². The third-order valence-corrected chi connectivity index (χ3v) is 3.25. The van der Waals surface area contributed by atoms with E-state index in [0.29, 0.717) is 5.56 Å². The van der Waals surface area contributed by atoms with Gasteiger partial charge in [0.1, 0.15) is 0 Å². The fourth-order valence-electron chi connectivity index (χ4n) is 1.83. The summed E-state index contributed by atoms with van der Waals surface area (Å²) in [6.07, 6.45) is 5.24. The first kappa shape index (κ1) is 11.9. The zero-order valence-corrected chi connectivity index (χ0v) is 11.5. The van der Waals surface area contributed by atoms with Crippen LogP contribution in [0.1, 0.15) is 10.4 Å². The molecule has 0 aliphatic heterocycles. The van der Waals surface area contributed by atoms with Crippen LogP contribution in [0.3, 0.4) is 0 Å². The van der Waals surface area contributed by atoms with Crippen LogP contribution in [0, 0.1) is 0 Å². The number of rotatable bonds is 2. The zero-order chi connectivity index (χ0) is 13.2. The third-order valence-electron chi connectivity index (χ3n) is 2.76. The summed E-state index contributed by atoms with van der Waals surface area (Å²) in [5.74, 6) is -0.137. The van der Waals surface area contributed by atoms with Gasteiger partial charge in [-0.05, 0) is 30.3 Å².